The number of aromatic nitrogens is 2. The molecule has 0 aliphatic heterocycles. The molecule has 0 atom stereocenters. The maximum atomic E-state index is 10.1. The Balaban J connectivity index is 3.20. The second-order valence-corrected chi connectivity index (χ2v) is 2.59. The van der Waals surface area contributed by atoms with Gasteiger partial charge >= 0.3 is 10.1 Å². The zero-order valence-corrected chi connectivity index (χ0v) is 4.87. The molecule has 0 bridgehead atoms. The Labute approximate surface area is 50.2 Å². The SMILES string of the molecule is O=S(=O)(O)c1cnon1. The molecule has 7 heteroatoms. The number of rotatable bonds is 1. The summed E-state index contributed by atoms with van der Waals surface area (Å²) in [6.07, 6.45) is 0.801. The number of hydrogen-bond acceptors (Lipinski definition) is 5. The molecule has 6 nitrogen and oxygen atoms in total. The minimum Gasteiger partial charge on any atom is -0.280 e. The van der Waals surface area contributed by atoms with Crippen LogP contribution in [0.15, 0.2) is 15.9 Å². The summed E-state index contributed by atoms with van der Waals surface area (Å²) >= 11 is 0. The van der Waals surface area contributed by atoms with Crippen molar-refractivity contribution >= 4 is 10.1 Å². The van der Waals surface area contributed by atoms with E-state index in [2.05, 4.69) is 14.9 Å². The highest BCUT2D eigenvalue weighted by Gasteiger charge is 2.12. The maximum Gasteiger partial charge on any atom is 0.317 e. The third-order valence-corrected chi connectivity index (χ3v) is 1.31. The van der Waals surface area contributed by atoms with Gasteiger partial charge in [0.25, 0.3) is 0 Å². The van der Waals surface area contributed by atoms with Gasteiger partial charge in [-0.3, -0.25) is 4.55 Å². The van der Waals surface area contributed by atoms with Gasteiger partial charge in [-0.25, -0.2) is 4.63 Å². The molecule has 0 aromatic carbocycles. The van der Waals surface area contributed by atoms with Crippen molar-refractivity contribution in [3.63, 3.8) is 0 Å². The standard InChI is InChI=1S/C2H2N2O4S/c5-9(6,7)2-1-3-8-4-2/h1H,(H,5,6,7). The van der Waals surface area contributed by atoms with Gasteiger partial charge in [-0.1, -0.05) is 5.16 Å². The highest BCUT2D eigenvalue weighted by molar-refractivity contribution is 7.85. The van der Waals surface area contributed by atoms with E-state index in [4.69, 9.17) is 4.55 Å². The largest absolute Gasteiger partial charge is 0.317 e. The van der Waals surface area contributed by atoms with Crippen LogP contribution in [-0.4, -0.2) is 23.3 Å². The molecule has 9 heavy (non-hydrogen) atoms. The van der Waals surface area contributed by atoms with Gasteiger partial charge in [0.1, 0.15) is 6.20 Å². The van der Waals surface area contributed by atoms with Crippen LogP contribution in [0.25, 0.3) is 0 Å². The number of hydrogen-bond donors (Lipinski definition) is 1. The van der Waals surface area contributed by atoms with Crippen LogP contribution in [0.1, 0.15) is 0 Å². The van der Waals surface area contributed by atoms with Crippen molar-refractivity contribution in [1.29, 1.82) is 0 Å². The zero-order chi connectivity index (χ0) is 6.91. The average molecular weight is 150 g/mol. The molecule has 0 saturated carbocycles. The summed E-state index contributed by atoms with van der Waals surface area (Å²) in [5, 5.41) is 5.25. The Morgan fingerprint density at radius 3 is 2.56 bits per heavy atom. The predicted molar refractivity (Wildman–Crippen MR) is 24.1 cm³/mol. The first-order chi connectivity index (χ1) is 4.11. The predicted octanol–water partition coefficient (Wildman–Crippen LogP) is -0.684. The van der Waals surface area contributed by atoms with Crippen LogP contribution < -0.4 is 0 Å². The molecule has 0 fully saturated rings. The molecule has 1 aromatic heterocycles. The minimum atomic E-state index is -4.23. The summed E-state index contributed by atoms with van der Waals surface area (Å²) < 4.78 is 32.3. The maximum absolute atomic E-state index is 10.1. The third-order valence-electron chi connectivity index (χ3n) is 0.605. The summed E-state index contributed by atoms with van der Waals surface area (Å²) in [5.41, 5.74) is 0. The lowest BCUT2D eigenvalue weighted by molar-refractivity contribution is 0.295. The van der Waals surface area contributed by atoms with Crippen molar-refractivity contribution in [1.82, 2.24) is 10.3 Å². The van der Waals surface area contributed by atoms with E-state index in [-0.39, 0.29) is 0 Å². The van der Waals surface area contributed by atoms with Crippen LogP contribution in [0.5, 0.6) is 0 Å². The van der Waals surface area contributed by atoms with Crippen molar-refractivity contribution in [2.75, 3.05) is 0 Å². The Bertz CT molecular complexity index is 274. The smallest absolute Gasteiger partial charge is 0.280 e. The van der Waals surface area contributed by atoms with Crippen LogP contribution in [-0.2, 0) is 10.1 Å². The fourth-order valence-electron chi connectivity index (χ4n) is 0.270. The molecule has 1 heterocycles. The fourth-order valence-corrected chi connectivity index (χ4v) is 0.573. The lowest BCUT2D eigenvalue weighted by Crippen LogP contribution is -1.96. The molecule has 0 unspecified atom stereocenters. The summed E-state index contributed by atoms with van der Waals surface area (Å²) in [6, 6.07) is 0. The van der Waals surface area contributed by atoms with Crippen LogP contribution in [0.4, 0.5) is 0 Å². The van der Waals surface area contributed by atoms with Gasteiger partial charge in [-0.15, -0.1) is 0 Å². The Kier molecular flexibility index (Phi) is 1.22. The van der Waals surface area contributed by atoms with Crippen LogP contribution in [0.2, 0.25) is 0 Å². The molecule has 1 rings (SSSR count). The fraction of sp³-hybridized carbons (Fsp3) is 0. The molecule has 0 saturated heterocycles. The summed E-state index contributed by atoms with van der Waals surface area (Å²) in [4.78, 5) is 0. The quantitative estimate of drug-likeness (QED) is 0.533. The molecular weight excluding hydrogens is 148 g/mol. The molecule has 1 aromatic rings. The first-order valence-corrected chi connectivity index (χ1v) is 3.30. The Morgan fingerprint density at radius 1 is 1.67 bits per heavy atom. The summed E-state index contributed by atoms with van der Waals surface area (Å²) in [7, 11) is -4.23. The van der Waals surface area contributed by atoms with Crippen molar-refractivity contribution in [3.8, 4) is 0 Å². The van der Waals surface area contributed by atoms with Crippen molar-refractivity contribution in [3.05, 3.63) is 6.20 Å². The Morgan fingerprint density at radius 2 is 2.33 bits per heavy atom. The summed E-state index contributed by atoms with van der Waals surface area (Å²) in [6.45, 7) is 0. The lowest BCUT2D eigenvalue weighted by Gasteiger charge is -1.80. The molecular formula is C2H2N2O4S. The van der Waals surface area contributed by atoms with Gasteiger partial charge < -0.3 is 0 Å². The van der Waals surface area contributed by atoms with E-state index in [1.807, 2.05) is 0 Å². The first-order valence-electron chi connectivity index (χ1n) is 1.86. The van der Waals surface area contributed by atoms with Crippen LogP contribution >= 0.6 is 0 Å². The zero-order valence-electron chi connectivity index (χ0n) is 4.05. The first kappa shape index (κ1) is 6.17. The Hall–Kier alpha value is -0.950. The van der Waals surface area contributed by atoms with E-state index >= 15 is 0 Å². The highest BCUT2D eigenvalue weighted by Crippen LogP contribution is 1.98. The molecule has 0 radical (unpaired) electrons. The monoisotopic (exact) mass is 150 g/mol. The van der Waals surface area contributed by atoms with Crippen LogP contribution in [0.3, 0.4) is 0 Å². The molecule has 0 spiro atoms. The molecule has 0 amide bonds. The van der Waals surface area contributed by atoms with Gasteiger partial charge in [-0.05, 0) is 5.16 Å². The van der Waals surface area contributed by atoms with E-state index in [9.17, 15) is 8.42 Å². The molecule has 0 aliphatic rings. The second kappa shape index (κ2) is 1.78. The van der Waals surface area contributed by atoms with E-state index in [1.165, 1.54) is 0 Å². The third kappa shape index (κ3) is 1.24. The molecule has 50 valence electrons. The van der Waals surface area contributed by atoms with E-state index in [1.54, 1.807) is 0 Å². The highest BCUT2D eigenvalue weighted by atomic mass is 32.2. The van der Waals surface area contributed by atoms with Gasteiger partial charge in [0.05, 0.1) is 0 Å². The van der Waals surface area contributed by atoms with Crippen LogP contribution in [0, 0.1) is 0 Å². The topological polar surface area (TPSA) is 93.3 Å². The normalized spacial score (nSPS) is 11.7. The summed E-state index contributed by atoms with van der Waals surface area (Å²) in [5.74, 6) is 0. The van der Waals surface area contributed by atoms with Gasteiger partial charge in [-0.2, -0.15) is 8.42 Å². The van der Waals surface area contributed by atoms with E-state index < -0.39 is 15.1 Å². The van der Waals surface area contributed by atoms with E-state index in [0.29, 0.717) is 0 Å². The van der Waals surface area contributed by atoms with Crippen molar-refractivity contribution in [2.45, 2.75) is 5.03 Å². The average Bonchev–Trinajstić information content (AvgIpc) is 2.08. The second-order valence-electron chi connectivity index (χ2n) is 1.22. The minimum absolute atomic E-state index is 0.581. The van der Waals surface area contributed by atoms with Crippen molar-refractivity contribution in [2.24, 2.45) is 0 Å². The van der Waals surface area contributed by atoms with Gasteiger partial charge in [0.15, 0.2) is 0 Å². The lowest BCUT2D eigenvalue weighted by atomic mass is 11.0. The van der Waals surface area contributed by atoms with Crippen molar-refractivity contribution < 1.29 is 17.6 Å². The van der Waals surface area contributed by atoms with Gasteiger partial charge in [0.2, 0.25) is 5.03 Å². The van der Waals surface area contributed by atoms with E-state index in [0.717, 1.165) is 6.20 Å². The van der Waals surface area contributed by atoms with Gasteiger partial charge in [0, 0.05) is 0 Å². The molecule has 1 N–H and O–H groups in total. The number of nitrogens with zero attached hydrogens (tertiary/aromatic N) is 2. The molecule has 0 aliphatic carbocycles.